The maximum Gasteiger partial charge on any atom is 0.330 e. The van der Waals surface area contributed by atoms with Gasteiger partial charge in [-0.2, -0.15) is 0 Å². The van der Waals surface area contributed by atoms with Crippen LogP contribution in [0.25, 0.3) is 0 Å². The Balaban J connectivity index is 0.00000391. The Kier molecular flexibility index (Phi) is 17.1. The van der Waals surface area contributed by atoms with Gasteiger partial charge in [-0.1, -0.05) is 94.7 Å². The molecule has 0 saturated heterocycles. The summed E-state index contributed by atoms with van der Waals surface area (Å²) in [6.07, 6.45) is 28.6. The lowest BCUT2D eigenvalue weighted by Gasteiger charge is -2.27. The number of anilines is 1. The van der Waals surface area contributed by atoms with Crippen molar-refractivity contribution in [3.05, 3.63) is 127 Å². The molecule has 214 valence electrons. The number of carbonyl (C=O) groups is 2. The van der Waals surface area contributed by atoms with Gasteiger partial charge in [0, 0.05) is 30.8 Å². The summed E-state index contributed by atoms with van der Waals surface area (Å²) in [5, 5.41) is 0. The minimum Gasteiger partial charge on any atom is -0.462 e. The van der Waals surface area contributed by atoms with Gasteiger partial charge in [0.15, 0.2) is 5.78 Å². The van der Waals surface area contributed by atoms with E-state index < -0.39 is 5.97 Å². The molecule has 2 rings (SSSR count). The summed E-state index contributed by atoms with van der Waals surface area (Å²) < 4.78 is 5.14. The fraction of sp³-hybridized carbons (Fsp3) is 0.333. The Morgan fingerprint density at radius 2 is 1.82 bits per heavy atom. The van der Waals surface area contributed by atoms with Gasteiger partial charge in [-0.3, -0.25) is 4.79 Å². The zero-order valence-electron chi connectivity index (χ0n) is 25.0. The highest BCUT2D eigenvalue weighted by atomic mass is 16.5. The van der Waals surface area contributed by atoms with Crippen LogP contribution in [0.3, 0.4) is 0 Å². The number of carbonyl (C=O) groups excluding carboxylic acids is 2. The number of ether oxygens (including phenoxy) is 1. The van der Waals surface area contributed by atoms with E-state index in [-0.39, 0.29) is 17.7 Å². The van der Waals surface area contributed by atoms with Crippen LogP contribution in [0.5, 0.6) is 0 Å². The van der Waals surface area contributed by atoms with E-state index in [1.165, 1.54) is 23.3 Å². The van der Waals surface area contributed by atoms with Gasteiger partial charge in [0.25, 0.3) is 0 Å². The van der Waals surface area contributed by atoms with Crippen molar-refractivity contribution in [2.24, 2.45) is 5.92 Å². The van der Waals surface area contributed by atoms with Gasteiger partial charge in [0.2, 0.25) is 0 Å². The summed E-state index contributed by atoms with van der Waals surface area (Å²) in [6.45, 7) is 17.7. The first-order valence-corrected chi connectivity index (χ1v) is 14.2. The fourth-order valence-electron chi connectivity index (χ4n) is 3.89. The van der Waals surface area contributed by atoms with E-state index in [0.29, 0.717) is 19.4 Å². The predicted molar refractivity (Wildman–Crippen MR) is 171 cm³/mol. The zero-order chi connectivity index (χ0) is 29.8. The Labute approximate surface area is 242 Å². The van der Waals surface area contributed by atoms with E-state index in [0.717, 1.165) is 24.1 Å². The van der Waals surface area contributed by atoms with Crippen LogP contribution in [0, 0.1) is 19.8 Å². The highest BCUT2D eigenvalue weighted by Crippen LogP contribution is 2.24. The monoisotopic (exact) mass is 541 g/mol. The summed E-state index contributed by atoms with van der Waals surface area (Å²) in [5.74, 6) is -0.141. The van der Waals surface area contributed by atoms with Crippen molar-refractivity contribution >= 4 is 17.4 Å². The van der Waals surface area contributed by atoms with Gasteiger partial charge in [-0.15, -0.1) is 0 Å². The molecule has 0 aliphatic heterocycles. The SMILES string of the molecule is C=CC(=O)CCC(C=C/C=C/N(c1ccc(C)c(C)c1)C1C=CC=C(CCOC(=O)C=C)C=C1)/C=C\CC.CC. The van der Waals surface area contributed by atoms with Crippen molar-refractivity contribution in [2.45, 2.75) is 66.3 Å². The number of allylic oxidation sites excluding steroid dienone is 9. The standard InChI is InChI=1S/C34H41NO3.C2H6/c1-6-9-13-29(19-22-33(36)7-2)14-10-11-24-35(32-20-17-27(4)28(5)26-32)31-16-12-15-30(18-21-31)23-25-38-34(37)8-3;1-2/h7-18,20-21,24,26,29,31H,2-3,6,19,22-23,25H2,1,4-5H3;1-2H3/b13-9-,14-10?,24-11+;. The molecule has 1 aromatic carbocycles. The molecule has 1 aromatic rings. The van der Waals surface area contributed by atoms with E-state index in [1.54, 1.807) is 0 Å². The van der Waals surface area contributed by atoms with Gasteiger partial charge in [-0.05, 0) is 73.6 Å². The zero-order valence-corrected chi connectivity index (χ0v) is 25.0. The Hall–Kier alpha value is -3.92. The minimum atomic E-state index is -0.407. The molecule has 0 fully saturated rings. The lowest BCUT2D eigenvalue weighted by molar-refractivity contribution is -0.137. The number of hydrogen-bond acceptors (Lipinski definition) is 4. The van der Waals surface area contributed by atoms with Gasteiger partial charge < -0.3 is 9.64 Å². The van der Waals surface area contributed by atoms with Crippen LogP contribution in [0.2, 0.25) is 0 Å². The van der Waals surface area contributed by atoms with Gasteiger partial charge in [0.05, 0.1) is 12.6 Å². The molecule has 0 radical (unpaired) electrons. The molecule has 2 unspecified atom stereocenters. The van der Waals surface area contributed by atoms with Crippen molar-refractivity contribution in [3.8, 4) is 0 Å². The van der Waals surface area contributed by atoms with Gasteiger partial charge in [0.1, 0.15) is 0 Å². The normalized spacial score (nSPS) is 15.3. The molecular formula is C36H47NO3. The first-order chi connectivity index (χ1) is 19.4. The number of aryl methyl sites for hydroxylation is 2. The Morgan fingerprint density at radius 3 is 2.50 bits per heavy atom. The molecule has 0 bridgehead atoms. The van der Waals surface area contributed by atoms with Gasteiger partial charge >= 0.3 is 5.97 Å². The molecule has 0 heterocycles. The first-order valence-electron chi connectivity index (χ1n) is 14.2. The fourth-order valence-corrected chi connectivity index (χ4v) is 3.89. The highest BCUT2D eigenvalue weighted by molar-refractivity contribution is 5.89. The van der Waals surface area contributed by atoms with E-state index in [2.05, 4.69) is 118 Å². The van der Waals surface area contributed by atoms with Crippen molar-refractivity contribution < 1.29 is 14.3 Å². The summed E-state index contributed by atoms with van der Waals surface area (Å²) in [5.41, 5.74) is 4.67. The minimum absolute atomic E-state index is 0.00669. The largest absolute Gasteiger partial charge is 0.462 e. The molecular weight excluding hydrogens is 494 g/mol. The van der Waals surface area contributed by atoms with E-state index in [9.17, 15) is 9.59 Å². The number of benzene rings is 1. The lowest BCUT2D eigenvalue weighted by Crippen LogP contribution is -2.27. The maximum absolute atomic E-state index is 11.7. The smallest absolute Gasteiger partial charge is 0.330 e. The third-order valence-corrected chi connectivity index (χ3v) is 6.32. The lowest BCUT2D eigenvalue weighted by atomic mass is 10.00. The number of nitrogens with zero attached hydrogens (tertiary/aromatic N) is 1. The van der Waals surface area contributed by atoms with Crippen LogP contribution in [-0.2, 0) is 14.3 Å². The first kappa shape index (κ1) is 34.1. The number of rotatable bonds is 15. The van der Waals surface area contributed by atoms with E-state index in [4.69, 9.17) is 4.74 Å². The van der Waals surface area contributed by atoms with Crippen LogP contribution in [0.1, 0.15) is 57.6 Å². The molecule has 0 N–H and O–H groups in total. The Bertz CT molecular complexity index is 1150. The second-order valence-corrected chi connectivity index (χ2v) is 9.21. The molecule has 0 spiro atoms. The highest BCUT2D eigenvalue weighted by Gasteiger charge is 2.14. The number of hydrogen-bond donors (Lipinski definition) is 0. The van der Waals surface area contributed by atoms with Crippen LogP contribution in [0.4, 0.5) is 5.69 Å². The molecule has 2 atom stereocenters. The van der Waals surface area contributed by atoms with Crippen molar-refractivity contribution in [1.29, 1.82) is 0 Å². The molecule has 1 aliphatic rings. The van der Waals surface area contributed by atoms with Crippen molar-refractivity contribution in [3.63, 3.8) is 0 Å². The molecule has 1 aliphatic carbocycles. The summed E-state index contributed by atoms with van der Waals surface area (Å²) in [4.78, 5) is 25.3. The van der Waals surface area contributed by atoms with Crippen LogP contribution >= 0.6 is 0 Å². The third kappa shape index (κ3) is 12.8. The molecule has 4 heteroatoms. The average molecular weight is 542 g/mol. The Morgan fingerprint density at radius 1 is 1.05 bits per heavy atom. The van der Waals surface area contributed by atoms with Crippen LogP contribution in [0.15, 0.2) is 116 Å². The van der Waals surface area contributed by atoms with Crippen LogP contribution in [-0.4, -0.2) is 24.4 Å². The third-order valence-electron chi connectivity index (χ3n) is 6.32. The van der Waals surface area contributed by atoms with E-state index in [1.807, 2.05) is 19.9 Å². The average Bonchev–Trinajstić information content (AvgIpc) is 3.21. The maximum atomic E-state index is 11.7. The molecule has 4 nitrogen and oxygen atoms in total. The van der Waals surface area contributed by atoms with Crippen molar-refractivity contribution in [1.82, 2.24) is 0 Å². The second-order valence-electron chi connectivity index (χ2n) is 9.21. The molecule has 0 aromatic heterocycles. The van der Waals surface area contributed by atoms with Crippen molar-refractivity contribution in [2.75, 3.05) is 11.5 Å². The molecule has 40 heavy (non-hydrogen) atoms. The quantitative estimate of drug-likeness (QED) is 0.0963. The molecule has 0 amide bonds. The molecule has 0 saturated carbocycles. The van der Waals surface area contributed by atoms with Gasteiger partial charge in [-0.25, -0.2) is 4.79 Å². The summed E-state index contributed by atoms with van der Waals surface area (Å²) >= 11 is 0. The number of ketones is 1. The van der Waals surface area contributed by atoms with Crippen LogP contribution < -0.4 is 4.90 Å². The second kappa shape index (κ2) is 20.0. The summed E-state index contributed by atoms with van der Waals surface area (Å²) in [7, 11) is 0. The number of esters is 1. The van der Waals surface area contributed by atoms with E-state index >= 15 is 0 Å². The topological polar surface area (TPSA) is 46.6 Å². The summed E-state index contributed by atoms with van der Waals surface area (Å²) in [6, 6.07) is 6.49. The predicted octanol–water partition coefficient (Wildman–Crippen LogP) is 8.86.